The molecule has 0 bridgehead atoms. The number of rotatable bonds is 4. The van der Waals surface area contributed by atoms with Crippen LogP contribution >= 0.6 is 0 Å². The maximum atomic E-state index is 14.9. The van der Waals surface area contributed by atoms with Gasteiger partial charge in [-0.25, -0.2) is 23.8 Å². The fourth-order valence-corrected chi connectivity index (χ4v) is 3.96. The Morgan fingerprint density at radius 1 is 1.10 bits per heavy atom. The van der Waals surface area contributed by atoms with Crippen LogP contribution in [0.2, 0.25) is 0 Å². The van der Waals surface area contributed by atoms with Gasteiger partial charge in [0.1, 0.15) is 11.6 Å². The lowest BCUT2D eigenvalue weighted by Crippen LogP contribution is -2.47. The van der Waals surface area contributed by atoms with Crippen molar-refractivity contribution >= 4 is 11.6 Å². The van der Waals surface area contributed by atoms with E-state index in [1.807, 2.05) is 0 Å². The molecule has 2 saturated heterocycles. The number of amides is 1. The number of oxazole rings is 1. The highest BCUT2D eigenvalue weighted by molar-refractivity contribution is 5.72. The third kappa shape index (κ3) is 4.35. The van der Waals surface area contributed by atoms with E-state index in [1.165, 1.54) is 36.6 Å². The zero-order valence-electron chi connectivity index (χ0n) is 16.6. The van der Waals surface area contributed by atoms with Crippen LogP contribution in [-0.4, -0.2) is 59.8 Å². The van der Waals surface area contributed by atoms with E-state index in [1.54, 1.807) is 12.1 Å². The predicted molar refractivity (Wildman–Crippen MR) is 106 cm³/mol. The second kappa shape index (κ2) is 8.38. The van der Waals surface area contributed by atoms with Crippen LogP contribution in [-0.2, 0) is 11.3 Å². The molecule has 0 aliphatic carbocycles. The van der Waals surface area contributed by atoms with Gasteiger partial charge in [-0.05, 0) is 25.0 Å². The monoisotopic (exact) mass is 403 g/mol. The minimum Gasteiger partial charge on any atom is -0.411 e. The summed E-state index contributed by atoms with van der Waals surface area (Å²) in [6.45, 7) is 6.93. The fraction of sp³-hybridized carbons (Fsp3) is 0.500. The minimum absolute atomic E-state index is 0.110. The topological polar surface area (TPSA) is 74.0 Å². The van der Waals surface area contributed by atoms with Gasteiger partial charge in [-0.1, -0.05) is 0 Å². The van der Waals surface area contributed by atoms with Crippen LogP contribution in [0.25, 0.3) is 5.69 Å². The number of hydrazine groups is 1. The highest BCUT2D eigenvalue weighted by atomic mass is 19.1. The van der Waals surface area contributed by atoms with Crippen LogP contribution in [0.3, 0.4) is 0 Å². The number of fused-ring (bicyclic) bond motifs is 1. The molecule has 0 spiro atoms. The van der Waals surface area contributed by atoms with E-state index in [2.05, 4.69) is 20.2 Å². The summed E-state index contributed by atoms with van der Waals surface area (Å²) in [5, 5.41) is 7.32. The number of halogens is 1. The van der Waals surface area contributed by atoms with Crippen LogP contribution < -0.4 is 16.0 Å². The summed E-state index contributed by atoms with van der Waals surface area (Å²) in [6.07, 6.45) is 3.90. The standard InChI is InChI=1S/C20H26FN5O3/c1-15(27)22-13-17-14-26(20(28)29-17)16-4-5-19(18(21)12-16)23-8-10-24-6-2-3-7-25(24)11-9-23/h4-5,12,14H,2-3,6-11,13H2,1H3,(H,22,27). The zero-order valence-corrected chi connectivity index (χ0v) is 16.6. The highest BCUT2D eigenvalue weighted by Crippen LogP contribution is 2.24. The van der Waals surface area contributed by atoms with Gasteiger partial charge < -0.3 is 14.6 Å². The molecule has 156 valence electrons. The third-order valence-electron chi connectivity index (χ3n) is 5.49. The van der Waals surface area contributed by atoms with Crippen molar-refractivity contribution in [3.05, 3.63) is 46.5 Å². The molecule has 8 nitrogen and oxygen atoms in total. The fourth-order valence-electron chi connectivity index (χ4n) is 3.96. The van der Waals surface area contributed by atoms with Crippen molar-refractivity contribution in [2.75, 3.05) is 44.2 Å². The lowest BCUT2D eigenvalue weighted by atomic mass is 10.2. The van der Waals surface area contributed by atoms with Crippen LogP contribution in [0, 0.1) is 5.82 Å². The van der Waals surface area contributed by atoms with E-state index in [0.717, 1.165) is 39.3 Å². The van der Waals surface area contributed by atoms with Crippen molar-refractivity contribution in [2.45, 2.75) is 26.3 Å². The summed E-state index contributed by atoms with van der Waals surface area (Å²) < 4.78 is 21.3. The van der Waals surface area contributed by atoms with Crippen molar-refractivity contribution in [3.8, 4) is 5.69 Å². The van der Waals surface area contributed by atoms with Gasteiger partial charge in [0.2, 0.25) is 5.91 Å². The molecule has 4 rings (SSSR count). The Morgan fingerprint density at radius 2 is 1.79 bits per heavy atom. The van der Waals surface area contributed by atoms with Crippen LogP contribution in [0.4, 0.5) is 10.1 Å². The molecule has 2 aliphatic heterocycles. The van der Waals surface area contributed by atoms with Gasteiger partial charge >= 0.3 is 5.76 Å². The van der Waals surface area contributed by atoms with Gasteiger partial charge in [0.25, 0.3) is 0 Å². The summed E-state index contributed by atoms with van der Waals surface area (Å²) in [5.74, 6) is -0.889. The summed E-state index contributed by atoms with van der Waals surface area (Å²) in [4.78, 5) is 25.2. The lowest BCUT2D eigenvalue weighted by Gasteiger charge is -2.36. The molecule has 2 fully saturated rings. The summed E-state index contributed by atoms with van der Waals surface area (Å²) in [5.41, 5.74) is 0.940. The van der Waals surface area contributed by atoms with E-state index in [9.17, 15) is 14.0 Å². The smallest absolute Gasteiger partial charge is 0.411 e. The molecule has 3 heterocycles. The molecule has 0 unspecified atom stereocenters. The van der Waals surface area contributed by atoms with Crippen molar-refractivity contribution in [3.63, 3.8) is 0 Å². The van der Waals surface area contributed by atoms with Crippen LogP contribution in [0.5, 0.6) is 0 Å². The lowest BCUT2D eigenvalue weighted by molar-refractivity contribution is -0.119. The van der Waals surface area contributed by atoms with Gasteiger partial charge in [0.15, 0.2) is 0 Å². The zero-order chi connectivity index (χ0) is 20.4. The number of hydrogen-bond acceptors (Lipinski definition) is 6. The molecule has 2 aliphatic rings. The number of nitrogens with one attached hydrogen (secondary N) is 1. The Hall–Kier alpha value is -2.65. The van der Waals surface area contributed by atoms with Gasteiger partial charge in [0, 0.05) is 52.3 Å². The summed E-state index contributed by atoms with van der Waals surface area (Å²) in [7, 11) is 0. The van der Waals surface area contributed by atoms with Crippen LogP contribution in [0.1, 0.15) is 25.5 Å². The Kier molecular flexibility index (Phi) is 5.68. The first-order valence-corrected chi connectivity index (χ1v) is 10.0. The number of anilines is 1. The van der Waals surface area contributed by atoms with Crippen LogP contribution in [0.15, 0.2) is 33.6 Å². The minimum atomic E-state index is -0.614. The number of hydrogen-bond donors (Lipinski definition) is 1. The maximum absolute atomic E-state index is 14.9. The Morgan fingerprint density at radius 3 is 2.41 bits per heavy atom. The first-order valence-electron chi connectivity index (χ1n) is 10.0. The number of carbonyl (C=O) groups is 1. The van der Waals surface area contributed by atoms with E-state index >= 15 is 0 Å². The predicted octanol–water partition coefficient (Wildman–Crippen LogP) is 1.34. The summed E-state index contributed by atoms with van der Waals surface area (Å²) >= 11 is 0. The average molecular weight is 403 g/mol. The second-order valence-corrected chi connectivity index (χ2v) is 7.48. The molecule has 1 amide bonds. The Labute approximate surface area is 168 Å². The number of carbonyl (C=O) groups excluding carboxylic acids is 1. The third-order valence-corrected chi connectivity index (χ3v) is 5.49. The second-order valence-electron chi connectivity index (χ2n) is 7.48. The molecule has 0 atom stereocenters. The van der Waals surface area contributed by atoms with Gasteiger partial charge in [-0.15, -0.1) is 0 Å². The van der Waals surface area contributed by atoms with E-state index < -0.39 is 5.76 Å². The Balaban J connectivity index is 1.51. The molecule has 2 aromatic rings. The molecule has 29 heavy (non-hydrogen) atoms. The average Bonchev–Trinajstić information content (AvgIpc) is 2.94. The SMILES string of the molecule is CC(=O)NCc1cn(-c2ccc(N3CCN4CCCCN4CC3)c(F)c2)c(=O)o1. The molecule has 1 aromatic carbocycles. The van der Waals surface area contributed by atoms with Crippen molar-refractivity contribution < 1.29 is 13.6 Å². The number of aromatic nitrogens is 1. The largest absolute Gasteiger partial charge is 0.423 e. The highest BCUT2D eigenvalue weighted by Gasteiger charge is 2.25. The van der Waals surface area contributed by atoms with Gasteiger partial charge in [0.05, 0.1) is 24.1 Å². The molecule has 1 N–H and O–H groups in total. The summed E-state index contributed by atoms with van der Waals surface area (Å²) in [6, 6.07) is 4.79. The van der Waals surface area contributed by atoms with Crippen molar-refractivity contribution in [1.29, 1.82) is 0 Å². The number of benzene rings is 1. The normalized spacial score (nSPS) is 18.3. The van der Waals surface area contributed by atoms with Crippen molar-refractivity contribution in [2.24, 2.45) is 0 Å². The molecular formula is C20H26FN5O3. The van der Waals surface area contributed by atoms with Gasteiger partial charge in [-0.3, -0.25) is 4.79 Å². The first kappa shape index (κ1) is 19.7. The van der Waals surface area contributed by atoms with E-state index in [0.29, 0.717) is 17.1 Å². The molecular weight excluding hydrogens is 377 g/mol. The molecule has 9 heteroatoms. The van der Waals surface area contributed by atoms with Crippen molar-refractivity contribution in [1.82, 2.24) is 19.9 Å². The quantitative estimate of drug-likeness (QED) is 0.831. The molecule has 0 saturated carbocycles. The van der Waals surface area contributed by atoms with E-state index in [-0.39, 0.29) is 18.3 Å². The maximum Gasteiger partial charge on any atom is 0.423 e. The molecule has 1 aromatic heterocycles. The van der Waals surface area contributed by atoms with E-state index in [4.69, 9.17) is 4.42 Å². The molecule has 0 radical (unpaired) electrons. The number of nitrogens with zero attached hydrogens (tertiary/aromatic N) is 4. The Bertz CT molecular complexity index is 924. The first-order chi connectivity index (χ1) is 14.0. The van der Waals surface area contributed by atoms with Gasteiger partial charge in [-0.2, -0.15) is 0 Å².